The fourth-order valence-electron chi connectivity index (χ4n) is 8.27. The number of hydrogen-bond donors (Lipinski definition) is 2. The molecule has 2 fully saturated rings. The van der Waals surface area contributed by atoms with Crippen LogP contribution in [0.25, 0.3) is 0 Å². The third kappa shape index (κ3) is 11.4. The van der Waals surface area contributed by atoms with Crippen molar-refractivity contribution in [1.82, 2.24) is 9.80 Å². The van der Waals surface area contributed by atoms with E-state index in [0.717, 1.165) is 98.1 Å². The zero-order valence-electron chi connectivity index (χ0n) is 33.8. The molecular formula is C46H61Cl2FN4O3. The van der Waals surface area contributed by atoms with E-state index in [9.17, 15) is 14.6 Å². The molecule has 304 valence electrons. The van der Waals surface area contributed by atoms with E-state index >= 15 is 0 Å². The van der Waals surface area contributed by atoms with E-state index in [1.807, 2.05) is 80.6 Å². The predicted molar refractivity (Wildman–Crippen MR) is 231 cm³/mol. The average Bonchev–Trinajstić information content (AvgIpc) is 3.21. The Kier molecular flexibility index (Phi) is 15.9. The molecule has 0 saturated carbocycles. The Morgan fingerprint density at radius 3 is 1.66 bits per heavy atom. The first-order chi connectivity index (χ1) is 26.9. The van der Waals surface area contributed by atoms with Gasteiger partial charge in [-0.2, -0.15) is 0 Å². The molecule has 2 N–H and O–H groups in total. The molecule has 4 unspecified atom stereocenters. The van der Waals surface area contributed by atoms with Crippen molar-refractivity contribution in [3.63, 3.8) is 0 Å². The van der Waals surface area contributed by atoms with Gasteiger partial charge in [-0.1, -0.05) is 93.4 Å². The Morgan fingerprint density at radius 1 is 0.661 bits per heavy atom. The molecule has 0 spiro atoms. The van der Waals surface area contributed by atoms with Gasteiger partial charge in [0.25, 0.3) is 0 Å². The molecule has 10 heteroatoms. The summed E-state index contributed by atoms with van der Waals surface area (Å²) in [5, 5.41) is 24.3. The summed E-state index contributed by atoms with van der Waals surface area (Å²) in [4.78, 5) is 9.59. The van der Waals surface area contributed by atoms with Gasteiger partial charge in [0.15, 0.2) is 0 Å². The summed E-state index contributed by atoms with van der Waals surface area (Å²) in [6.45, 7) is 17.7. The molecule has 2 aliphatic rings. The van der Waals surface area contributed by atoms with Crippen LogP contribution in [0.2, 0.25) is 10.0 Å². The third-order valence-corrected chi connectivity index (χ3v) is 12.5. The van der Waals surface area contributed by atoms with Gasteiger partial charge in [0.05, 0.1) is 18.3 Å². The highest BCUT2D eigenvalue weighted by Crippen LogP contribution is 2.39. The first-order valence-corrected chi connectivity index (χ1v) is 20.9. The molecule has 4 atom stereocenters. The van der Waals surface area contributed by atoms with Crippen molar-refractivity contribution in [3.8, 4) is 5.75 Å². The third-order valence-electron chi connectivity index (χ3n) is 12.0. The molecule has 0 amide bonds. The number of rotatable bonds is 14. The van der Waals surface area contributed by atoms with Crippen LogP contribution in [0.1, 0.15) is 51.7 Å². The Morgan fingerprint density at radius 2 is 1.18 bits per heavy atom. The number of hydrogen-bond acceptors (Lipinski definition) is 7. The number of anilines is 2. The van der Waals surface area contributed by atoms with Gasteiger partial charge in [-0.15, -0.1) is 0 Å². The second kappa shape index (κ2) is 20.4. The standard InChI is InChI=1S/C23H30ClFN2O.C23H31ClN2O2/c1-3-23(28,16-19-6-4-8-21(25)14-19)18(2)17-26-10-12-27(13-11-26)22-9-5-7-20(24)15-22;1-4-23(27,21-10-5-6-11-22(21)28-3)18(2)17-25-12-14-26(15-13-25)20-9-7-8-19(24)16-20/h4-9,14-15,18,28H,3,10-13,16-17H2,1-2H3;5-11,16,18,27H,4,12-15,17H2,1-3H3. The number of aliphatic hydroxyl groups is 2. The second-order valence-electron chi connectivity index (χ2n) is 15.6. The second-order valence-corrected chi connectivity index (χ2v) is 16.5. The van der Waals surface area contributed by atoms with E-state index in [-0.39, 0.29) is 17.7 Å². The van der Waals surface area contributed by atoms with Gasteiger partial charge in [0.1, 0.15) is 11.6 Å². The number of para-hydroxylation sites is 1. The molecule has 56 heavy (non-hydrogen) atoms. The van der Waals surface area contributed by atoms with Crippen molar-refractivity contribution in [2.45, 2.75) is 58.2 Å². The van der Waals surface area contributed by atoms with Crippen LogP contribution in [0.4, 0.5) is 15.8 Å². The van der Waals surface area contributed by atoms with Crippen LogP contribution in [0, 0.1) is 17.7 Å². The average molecular weight is 808 g/mol. The topological polar surface area (TPSA) is 62.7 Å². The van der Waals surface area contributed by atoms with E-state index in [0.29, 0.717) is 19.3 Å². The van der Waals surface area contributed by atoms with Crippen LogP contribution in [0.15, 0.2) is 97.1 Å². The largest absolute Gasteiger partial charge is 0.496 e. The van der Waals surface area contributed by atoms with Crippen LogP contribution in [-0.4, -0.2) is 98.2 Å². The van der Waals surface area contributed by atoms with Gasteiger partial charge < -0.3 is 24.7 Å². The highest BCUT2D eigenvalue weighted by Gasteiger charge is 2.38. The van der Waals surface area contributed by atoms with Crippen LogP contribution < -0.4 is 14.5 Å². The maximum absolute atomic E-state index is 13.5. The van der Waals surface area contributed by atoms with Gasteiger partial charge in [0.2, 0.25) is 0 Å². The Labute approximate surface area is 344 Å². The Bertz CT molecular complexity index is 1820. The fourth-order valence-corrected chi connectivity index (χ4v) is 8.64. The summed E-state index contributed by atoms with van der Waals surface area (Å²) < 4.78 is 19.0. The fraction of sp³-hybridized carbons (Fsp3) is 0.478. The molecule has 0 radical (unpaired) electrons. The van der Waals surface area contributed by atoms with Crippen LogP contribution in [0.3, 0.4) is 0 Å². The van der Waals surface area contributed by atoms with Crippen molar-refractivity contribution >= 4 is 34.6 Å². The number of piperazine rings is 2. The smallest absolute Gasteiger partial charge is 0.124 e. The normalized spacial score (nSPS) is 18.6. The van der Waals surface area contributed by atoms with E-state index in [4.69, 9.17) is 27.9 Å². The lowest BCUT2D eigenvalue weighted by atomic mass is 9.79. The Hall–Kier alpha value is -3.37. The summed E-state index contributed by atoms with van der Waals surface area (Å²) >= 11 is 12.3. The van der Waals surface area contributed by atoms with Gasteiger partial charge in [0, 0.05) is 105 Å². The maximum Gasteiger partial charge on any atom is 0.124 e. The molecule has 0 aromatic heterocycles. The van der Waals surface area contributed by atoms with Gasteiger partial charge in [-0.3, -0.25) is 9.80 Å². The molecule has 2 heterocycles. The Balaban J connectivity index is 0.000000214. The van der Waals surface area contributed by atoms with E-state index < -0.39 is 11.2 Å². The minimum absolute atomic E-state index is 0.0894. The molecule has 0 aliphatic carbocycles. The lowest BCUT2D eigenvalue weighted by molar-refractivity contribution is -0.0355. The molecule has 4 aromatic carbocycles. The highest BCUT2D eigenvalue weighted by molar-refractivity contribution is 6.31. The van der Waals surface area contributed by atoms with Crippen molar-refractivity contribution in [2.24, 2.45) is 11.8 Å². The lowest BCUT2D eigenvalue weighted by Gasteiger charge is -2.41. The summed E-state index contributed by atoms with van der Waals surface area (Å²) in [6, 6.07) is 30.4. The van der Waals surface area contributed by atoms with Gasteiger partial charge >= 0.3 is 0 Å². The highest BCUT2D eigenvalue weighted by atomic mass is 35.5. The molecular weight excluding hydrogens is 746 g/mol. The molecule has 6 rings (SSSR count). The quantitative estimate of drug-likeness (QED) is 0.132. The van der Waals surface area contributed by atoms with Crippen LogP contribution in [-0.2, 0) is 12.0 Å². The SMILES string of the molecule is CCC(O)(Cc1cccc(F)c1)C(C)CN1CCN(c2cccc(Cl)c2)CC1.CCC(O)(c1ccccc1OC)C(C)CN1CCN(c2cccc(Cl)c2)CC1. The van der Waals surface area contributed by atoms with Crippen LogP contribution >= 0.6 is 23.2 Å². The number of ether oxygens (including phenoxy) is 1. The molecule has 4 aromatic rings. The minimum Gasteiger partial charge on any atom is -0.496 e. The predicted octanol–water partition coefficient (Wildman–Crippen LogP) is 9.03. The maximum atomic E-state index is 13.5. The van der Waals surface area contributed by atoms with Crippen molar-refractivity contribution in [2.75, 3.05) is 82.4 Å². The van der Waals surface area contributed by atoms with E-state index in [1.165, 1.54) is 17.8 Å². The molecule has 2 aliphatic heterocycles. The molecule has 7 nitrogen and oxygen atoms in total. The zero-order chi connectivity index (χ0) is 40.3. The lowest BCUT2D eigenvalue weighted by Crippen LogP contribution is -2.51. The monoisotopic (exact) mass is 806 g/mol. The number of methoxy groups -OCH3 is 1. The minimum atomic E-state index is -0.906. The molecule has 0 bridgehead atoms. The zero-order valence-corrected chi connectivity index (χ0v) is 35.3. The molecule has 2 saturated heterocycles. The number of benzene rings is 4. The summed E-state index contributed by atoms with van der Waals surface area (Å²) in [5.74, 6) is 0.690. The first kappa shape index (κ1) is 43.7. The van der Waals surface area contributed by atoms with Crippen molar-refractivity contribution in [1.29, 1.82) is 0 Å². The van der Waals surface area contributed by atoms with Crippen molar-refractivity contribution in [3.05, 3.63) is 124 Å². The van der Waals surface area contributed by atoms with Gasteiger partial charge in [-0.05, 0) is 78.9 Å². The van der Waals surface area contributed by atoms with Crippen LogP contribution in [0.5, 0.6) is 5.75 Å². The summed E-state index contributed by atoms with van der Waals surface area (Å²) in [7, 11) is 1.66. The number of nitrogens with zero attached hydrogens (tertiary/aromatic N) is 4. The summed E-state index contributed by atoms with van der Waals surface area (Å²) in [6.07, 6.45) is 1.77. The van der Waals surface area contributed by atoms with Gasteiger partial charge in [-0.25, -0.2) is 4.39 Å². The van der Waals surface area contributed by atoms with E-state index in [1.54, 1.807) is 13.2 Å². The first-order valence-electron chi connectivity index (χ1n) is 20.2. The van der Waals surface area contributed by atoms with Crippen molar-refractivity contribution < 1.29 is 19.3 Å². The summed E-state index contributed by atoms with van der Waals surface area (Å²) in [5.41, 5.74) is 2.33. The number of halogens is 3. The van der Waals surface area contributed by atoms with E-state index in [2.05, 4.69) is 45.6 Å².